The van der Waals surface area contributed by atoms with Crippen molar-refractivity contribution in [2.75, 3.05) is 18.0 Å². The number of anilines is 1. The Balaban J connectivity index is 2.04. The summed E-state index contributed by atoms with van der Waals surface area (Å²) in [4.78, 5) is 6.57. The maximum Gasteiger partial charge on any atom is 0.140 e. The summed E-state index contributed by atoms with van der Waals surface area (Å²) in [5.74, 6) is 0.795. The molecule has 1 aliphatic rings. The van der Waals surface area contributed by atoms with Crippen LogP contribution in [0.1, 0.15) is 45.7 Å². The molecule has 0 aromatic carbocycles. The molecule has 1 aromatic heterocycles. The van der Waals surface area contributed by atoms with Crippen molar-refractivity contribution in [3.63, 3.8) is 0 Å². The molecule has 1 aromatic rings. The summed E-state index contributed by atoms with van der Waals surface area (Å²) in [5, 5.41) is 8.78. The topological polar surface area (TPSA) is 39.9 Å². The number of aromatic nitrogens is 1. The highest BCUT2D eigenvalue weighted by Gasteiger charge is 2.27. The molecular formula is C16H23N3. The van der Waals surface area contributed by atoms with E-state index in [4.69, 9.17) is 5.26 Å². The summed E-state index contributed by atoms with van der Waals surface area (Å²) in [5.41, 5.74) is 2.04. The number of nitriles is 1. The zero-order valence-electron chi connectivity index (χ0n) is 12.2. The molecule has 2 heterocycles. The quantitative estimate of drug-likeness (QED) is 0.771. The second-order valence-electron chi connectivity index (χ2n) is 6.49. The zero-order valence-corrected chi connectivity index (χ0v) is 12.2. The Morgan fingerprint density at radius 3 is 2.63 bits per heavy atom. The van der Waals surface area contributed by atoms with Gasteiger partial charge in [-0.3, -0.25) is 0 Å². The smallest absolute Gasteiger partial charge is 0.140 e. The van der Waals surface area contributed by atoms with Crippen molar-refractivity contribution >= 4 is 5.69 Å². The Bertz CT molecular complexity index is 450. The third-order valence-electron chi connectivity index (χ3n) is 4.18. The minimum absolute atomic E-state index is 0.402. The van der Waals surface area contributed by atoms with Gasteiger partial charge in [-0.25, -0.2) is 4.98 Å². The molecule has 0 aliphatic carbocycles. The Labute approximate surface area is 116 Å². The Morgan fingerprint density at radius 2 is 2.05 bits per heavy atom. The maximum absolute atomic E-state index is 8.78. The van der Waals surface area contributed by atoms with E-state index in [0.29, 0.717) is 11.1 Å². The monoisotopic (exact) mass is 257 g/mol. The lowest BCUT2D eigenvalue weighted by Gasteiger charge is -2.30. The van der Waals surface area contributed by atoms with Gasteiger partial charge in [0.15, 0.2) is 0 Å². The highest BCUT2D eigenvalue weighted by atomic mass is 15.1. The molecule has 3 heteroatoms. The van der Waals surface area contributed by atoms with Gasteiger partial charge in [0.1, 0.15) is 11.8 Å². The van der Waals surface area contributed by atoms with Crippen molar-refractivity contribution < 1.29 is 0 Å². The van der Waals surface area contributed by atoms with Gasteiger partial charge in [0.05, 0.1) is 11.9 Å². The average molecular weight is 257 g/mol. The van der Waals surface area contributed by atoms with E-state index in [1.807, 2.05) is 18.3 Å². The first-order chi connectivity index (χ1) is 9.00. The molecule has 0 spiro atoms. The fraction of sp³-hybridized carbons (Fsp3) is 0.625. The zero-order chi connectivity index (χ0) is 13.9. The summed E-state index contributed by atoms with van der Waals surface area (Å²) in [6, 6.07) is 5.89. The molecule has 1 saturated heterocycles. The van der Waals surface area contributed by atoms with E-state index in [-0.39, 0.29) is 0 Å². The average Bonchev–Trinajstić information content (AvgIpc) is 2.64. The number of pyridine rings is 1. The van der Waals surface area contributed by atoms with Crippen molar-refractivity contribution in [2.45, 2.75) is 40.0 Å². The molecule has 19 heavy (non-hydrogen) atoms. The molecule has 1 fully saturated rings. The van der Waals surface area contributed by atoms with Crippen LogP contribution in [0, 0.1) is 22.7 Å². The first-order valence-corrected chi connectivity index (χ1v) is 7.12. The molecule has 0 radical (unpaired) electrons. The van der Waals surface area contributed by atoms with E-state index < -0.39 is 0 Å². The van der Waals surface area contributed by atoms with E-state index in [1.54, 1.807) is 0 Å². The normalized spacial score (nSPS) is 20.7. The molecule has 1 atom stereocenters. The third-order valence-corrected chi connectivity index (χ3v) is 4.18. The second-order valence-corrected chi connectivity index (χ2v) is 6.49. The first kappa shape index (κ1) is 13.9. The summed E-state index contributed by atoms with van der Waals surface area (Å²) in [6.07, 6.45) is 5.62. The van der Waals surface area contributed by atoms with Crippen LogP contribution in [0.5, 0.6) is 0 Å². The molecule has 0 bridgehead atoms. The number of hydrogen-bond donors (Lipinski definition) is 0. The van der Waals surface area contributed by atoms with Gasteiger partial charge in [0, 0.05) is 13.1 Å². The predicted molar refractivity (Wildman–Crippen MR) is 78.0 cm³/mol. The lowest BCUT2D eigenvalue weighted by Crippen LogP contribution is -2.26. The van der Waals surface area contributed by atoms with Crippen molar-refractivity contribution in [1.29, 1.82) is 5.26 Å². The van der Waals surface area contributed by atoms with Gasteiger partial charge in [-0.2, -0.15) is 5.26 Å². The van der Waals surface area contributed by atoms with Crippen LogP contribution in [0.3, 0.4) is 0 Å². The van der Waals surface area contributed by atoms with Gasteiger partial charge >= 0.3 is 0 Å². The van der Waals surface area contributed by atoms with E-state index in [1.165, 1.54) is 19.3 Å². The van der Waals surface area contributed by atoms with Crippen LogP contribution in [0.25, 0.3) is 0 Å². The molecule has 0 amide bonds. The van der Waals surface area contributed by atoms with Crippen LogP contribution >= 0.6 is 0 Å². The van der Waals surface area contributed by atoms with E-state index in [0.717, 1.165) is 24.7 Å². The van der Waals surface area contributed by atoms with E-state index >= 15 is 0 Å². The fourth-order valence-corrected chi connectivity index (χ4v) is 2.86. The molecule has 1 aliphatic heterocycles. The summed E-state index contributed by atoms with van der Waals surface area (Å²) < 4.78 is 0. The van der Waals surface area contributed by atoms with Gasteiger partial charge in [-0.15, -0.1) is 0 Å². The van der Waals surface area contributed by atoms with Gasteiger partial charge in [0.25, 0.3) is 0 Å². The Morgan fingerprint density at radius 1 is 1.26 bits per heavy atom. The lowest BCUT2D eigenvalue weighted by atomic mass is 9.77. The van der Waals surface area contributed by atoms with E-state index in [2.05, 4.69) is 36.7 Å². The number of hydrogen-bond acceptors (Lipinski definition) is 3. The van der Waals surface area contributed by atoms with Crippen LogP contribution in [0.15, 0.2) is 18.3 Å². The highest BCUT2D eigenvalue weighted by molar-refractivity contribution is 5.45. The maximum atomic E-state index is 8.78. The van der Waals surface area contributed by atoms with Crippen LogP contribution in [-0.4, -0.2) is 18.1 Å². The number of rotatable bonds is 1. The lowest BCUT2D eigenvalue weighted by molar-refractivity contribution is 0.220. The van der Waals surface area contributed by atoms with Crippen LogP contribution in [-0.2, 0) is 0 Å². The third kappa shape index (κ3) is 3.47. The summed E-state index contributed by atoms with van der Waals surface area (Å²) >= 11 is 0. The largest absolute Gasteiger partial charge is 0.370 e. The van der Waals surface area contributed by atoms with Gasteiger partial charge < -0.3 is 4.90 Å². The molecular weight excluding hydrogens is 234 g/mol. The molecule has 2 rings (SSSR count). The first-order valence-electron chi connectivity index (χ1n) is 7.12. The molecule has 0 N–H and O–H groups in total. The second kappa shape index (κ2) is 5.61. The van der Waals surface area contributed by atoms with Gasteiger partial charge in [-0.05, 0) is 42.7 Å². The van der Waals surface area contributed by atoms with Crippen LogP contribution in [0.4, 0.5) is 5.69 Å². The standard InChI is InChI=1S/C16H23N3/c1-16(2,3)13-5-4-9-19(10-8-13)15-7-6-14(11-17)18-12-15/h6-7,12-13H,4-5,8-10H2,1-3H3. The Kier molecular flexibility index (Phi) is 4.09. The van der Waals surface area contributed by atoms with Crippen molar-refractivity contribution in [2.24, 2.45) is 11.3 Å². The van der Waals surface area contributed by atoms with Gasteiger partial charge in [0.2, 0.25) is 0 Å². The molecule has 1 unspecified atom stereocenters. The minimum Gasteiger partial charge on any atom is -0.370 e. The summed E-state index contributed by atoms with van der Waals surface area (Å²) in [6.45, 7) is 9.22. The predicted octanol–water partition coefficient (Wildman–Crippen LogP) is 3.61. The van der Waals surface area contributed by atoms with Crippen LogP contribution in [0.2, 0.25) is 0 Å². The van der Waals surface area contributed by atoms with Gasteiger partial charge in [-0.1, -0.05) is 20.8 Å². The van der Waals surface area contributed by atoms with Crippen molar-refractivity contribution in [3.8, 4) is 6.07 Å². The fourth-order valence-electron chi connectivity index (χ4n) is 2.86. The minimum atomic E-state index is 0.402. The molecule has 3 nitrogen and oxygen atoms in total. The molecule has 0 saturated carbocycles. The SMILES string of the molecule is CC(C)(C)C1CCCN(c2ccc(C#N)nc2)CC1. The number of nitrogens with zero attached hydrogens (tertiary/aromatic N) is 3. The van der Waals surface area contributed by atoms with Crippen molar-refractivity contribution in [1.82, 2.24) is 4.98 Å². The summed E-state index contributed by atoms with van der Waals surface area (Å²) in [7, 11) is 0. The van der Waals surface area contributed by atoms with Crippen LogP contribution < -0.4 is 4.90 Å². The van der Waals surface area contributed by atoms with E-state index in [9.17, 15) is 0 Å². The highest BCUT2D eigenvalue weighted by Crippen LogP contribution is 2.35. The molecule has 102 valence electrons. The Hall–Kier alpha value is -1.56. The van der Waals surface area contributed by atoms with Crippen molar-refractivity contribution in [3.05, 3.63) is 24.0 Å².